The zero-order valence-corrected chi connectivity index (χ0v) is 16.5. The number of fused-ring (bicyclic) bond motifs is 3. The molecule has 0 heterocycles. The second kappa shape index (κ2) is 9.20. The number of nitrogens with two attached hydrogens (primary N) is 1. The highest BCUT2D eigenvalue weighted by Gasteiger charge is 2.29. The number of ether oxygens (including phenoxy) is 1. The molecular weight excluding hydrogens is 370 g/mol. The third-order valence-electron chi connectivity index (χ3n) is 5.44. The van der Waals surface area contributed by atoms with Crippen LogP contribution in [0.25, 0.3) is 11.1 Å². The number of aliphatic carboxylic acids is 1. The number of rotatable bonds is 9. The van der Waals surface area contributed by atoms with Crippen LogP contribution in [0.4, 0.5) is 0 Å². The van der Waals surface area contributed by atoms with Gasteiger partial charge in [-0.1, -0.05) is 55.5 Å². The number of carbonyl (C=O) groups is 2. The molecule has 0 saturated heterocycles. The minimum Gasteiger partial charge on any atom is -0.481 e. The van der Waals surface area contributed by atoms with Crippen molar-refractivity contribution >= 4 is 11.9 Å². The van der Waals surface area contributed by atoms with Gasteiger partial charge in [0.1, 0.15) is 6.61 Å². The molecule has 1 aliphatic carbocycles. The maximum atomic E-state index is 12.3. The first-order chi connectivity index (χ1) is 13.9. The van der Waals surface area contributed by atoms with E-state index in [1.54, 1.807) is 0 Å². The summed E-state index contributed by atoms with van der Waals surface area (Å²) < 4.78 is 5.58. The number of carbonyl (C=O) groups excluding carboxylic acids is 1. The molecule has 3 rings (SSSR count). The van der Waals surface area contributed by atoms with Crippen LogP contribution < -0.4 is 5.73 Å². The number of benzene rings is 2. The SMILES string of the molecule is C[C@H](CC(=O)OCC1c2ccccc2-c2ccccc21)C[C@H](N)[C@@H](O)CC(=O)O. The quantitative estimate of drug-likeness (QED) is 0.561. The summed E-state index contributed by atoms with van der Waals surface area (Å²) >= 11 is 0. The fourth-order valence-corrected chi connectivity index (χ4v) is 3.99. The summed E-state index contributed by atoms with van der Waals surface area (Å²) in [6, 6.07) is 15.6. The summed E-state index contributed by atoms with van der Waals surface area (Å²) in [5.74, 6) is -1.53. The fourth-order valence-electron chi connectivity index (χ4n) is 3.99. The lowest BCUT2D eigenvalue weighted by atomic mass is 9.94. The maximum Gasteiger partial charge on any atom is 0.306 e. The molecule has 3 atom stereocenters. The van der Waals surface area contributed by atoms with E-state index in [0.717, 1.165) is 11.1 Å². The third kappa shape index (κ3) is 5.02. The molecule has 2 aromatic carbocycles. The lowest BCUT2D eigenvalue weighted by Gasteiger charge is -2.21. The van der Waals surface area contributed by atoms with Crippen molar-refractivity contribution in [1.29, 1.82) is 0 Å². The molecule has 0 aromatic heterocycles. The summed E-state index contributed by atoms with van der Waals surface area (Å²) in [7, 11) is 0. The Kier molecular flexibility index (Phi) is 6.67. The molecule has 0 unspecified atom stereocenters. The van der Waals surface area contributed by atoms with Gasteiger partial charge in [-0.25, -0.2) is 0 Å². The zero-order chi connectivity index (χ0) is 21.0. The van der Waals surface area contributed by atoms with E-state index in [0.29, 0.717) is 6.42 Å². The fraction of sp³-hybridized carbons (Fsp3) is 0.391. The Morgan fingerprint density at radius 3 is 2.14 bits per heavy atom. The van der Waals surface area contributed by atoms with Crippen molar-refractivity contribution in [3.05, 3.63) is 59.7 Å². The van der Waals surface area contributed by atoms with Crippen LogP contribution >= 0.6 is 0 Å². The molecule has 0 radical (unpaired) electrons. The van der Waals surface area contributed by atoms with Crippen molar-refractivity contribution in [2.75, 3.05) is 6.61 Å². The number of esters is 1. The molecule has 0 fully saturated rings. The average Bonchev–Trinajstić information content (AvgIpc) is 2.99. The predicted molar refractivity (Wildman–Crippen MR) is 109 cm³/mol. The van der Waals surface area contributed by atoms with Crippen molar-refractivity contribution in [3.8, 4) is 11.1 Å². The van der Waals surface area contributed by atoms with Crippen LogP contribution in [0.3, 0.4) is 0 Å². The van der Waals surface area contributed by atoms with Crippen LogP contribution in [-0.2, 0) is 14.3 Å². The van der Waals surface area contributed by atoms with E-state index in [1.165, 1.54) is 11.1 Å². The molecular formula is C23H27NO5. The average molecular weight is 397 g/mol. The van der Waals surface area contributed by atoms with Crippen LogP contribution in [0.1, 0.15) is 43.2 Å². The van der Waals surface area contributed by atoms with Gasteiger partial charge in [-0.3, -0.25) is 9.59 Å². The summed E-state index contributed by atoms with van der Waals surface area (Å²) in [5.41, 5.74) is 10.5. The molecule has 154 valence electrons. The van der Waals surface area contributed by atoms with Crippen molar-refractivity contribution < 1.29 is 24.5 Å². The molecule has 0 saturated carbocycles. The molecule has 29 heavy (non-hydrogen) atoms. The van der Waals surface area contributed by atoms with Crippen molar-refractivity contribution in [1.82, 2.24) is 0 Å². The van der Waals surface area contributed by atoms with Gasteiger partial charge in [-0.05, 0) is 34.6 Å². The van der Waals surface area contributed by atoms with Crippen LogP contribution in [0.15, 0.2) is 48.5 Å². The van der Waals surface area contributed by atoms with Crippen molar-refractivity contribution in [2.45, 2.75) is 44.2 Å². The van der Waals surface area contributed by atoms with E-state index < -0.39 is 24.5 Å². The van der Waals surface area contributed by atoms with Gasteiger partial charge in [0.25, 0.3) is 0 Å². The van der Waals surface area contributed by atoms with Crippen LogP contribution in [0.2, 0.25) is 0 Å². The van der Waals surface area contributed by atoms with Gasteiger partial charge < -0.3 is 20.7 Å². The lowest BCUT2D eigenvalue weighted by Crippen LogP contribution is -2.37. The molecule has 4 N–H and O–H groups in total. The smallest absolute Gasteiger partial charge is 0.306 e. The summed E-state index contributed by atoms with van der Waals surface area (Å²) in [6.07, 6.45) is -1.02. The van der Waals surface area contributed by atoms with Crippen molar-refractivity contribution in [3.63, 3.8) is 0 Å². The minimum absolute atomic E-state index is 0.0151. The highest BCUT2D eigenvalue weighted by Crippen LogP contribution is 2.44. The Balaban J connectivity index is 1.55. The second-order valence-corrected chi connectivity index (χ2v) is 7.78. The highest BCUT2D eigenvalue weighted by atomic mass is 16.5. The summed E-state index contributed by atoms with van der Waals surface area (Å²) in [4.78, 5) is 23.0. The molecule has 2 aromatic rings. The van der Waals surface area contributed by atoms with Gasteiger partial charge in [0.2, 0.25) is 0 Å². The monoisotopic (exact) mass is 397 g/mol. The van der Waals surface area contributed by atoms with Gasteiger partial charge in [0, 0.05) is 18.4 Å². The maximum absolute atomic E-state index is 12.3. The van der Waals surface area contributed by atoms with Crippen molar-refractivity contribution in [2.24, 2.45) is 11.7 Å². The van der Waals surface area contributed by atoms with E-state index in [-0.39, 0.29) is 30.8 Å². The number of aliphatic hydroxyl groups is 1. The Morgan fingerprint density at radius 2 is 1.59 bits per heavy atom. The molecule has 0 amide bonds. The predicted octanol–water partition coefficient (Wildman–Crippen LogP) is 2.92. The Morgan fingerprint density at radius 1 is 1.03 bits per heavy atom. The molecule has 1 aliphatic rings. The number of carboxylic acid groups (broad SMARTS) is 1. The van der Waals surface area contributed by atoms with Gasteiger partial charge >= 0.3 is 11.9 Å². The standard InChI is InChI=1S/C23H27NO5/c1-14(10-20(24)21(25)12-22(26)27)11-23(28)29-13-19-17-8-4-2-6-15(17)16-7-3-5-9-18(16)19/h2-9,14,19-21,25H,10-13,24H2,1H3,(H,26,27)/t14-,20-,21-/m0/s1. The number of aliphatic hydroxyl groups excluding tert-OH is 1. The topological polar surface area (TPSA) is 110 Å². The Bertz CT molecular complexity index is 836. The lowest BCUT2D eigenvalue weighted by molar-refractivity contribution is -0.145. The first-order valence-electron chi connectivity index (χ1n) is 9.86. The van der Waals surface area contributed by atoms with E-state index >= 15 is 0 Å². The second-order valence-electron chi connectivity index (χ2n) is 7.78. The molecule has 0 bridgehead atoms. The molecule has 0 spiro atoms. The van der Waals surface area contributed by atoms with E-state index in [9.17, 15) is 14.7 Å². The van der Waals surface area contributed by atoms with Crippen LogP contribution in [0, 0.1) is 5.92 Å². The minimum atomic E-state index is -1.13. The van der Waals surface area contributed by atoms with E-state index in [1.807, 2.05) is 31.2 Å². The molecule has 6 heteroatoms. The largest absolute Gasteiger partial charge is 0.481 e. The summed E-state index contributed by atoms with van der Waals surface area (Å²) in [5, 5.41) is 18.5. The number of hydrogen-bond acceptors (Lipinski definition) is 5. The van der Waals surface area contributed by atoms with Gasteiger partial charge in [-0.15, -0.1) is 0 Å². The van der Waals surface area contributed by atoms with Gasteiger partial charge in [0.15, 0.2) is 0 Å². The number of carboxylic acids is 1. The first-order valence-corrected chi connectivity index (χ1v) is 9.86. The Labute approximate surface area is 170 Å². The van der Waals surface area contributed by atoms with Crippen LogP contribution in [0.5, 0.6) is 0 Å². The van der Waals surface area contributed by atoms with E-state index in [4.69, 9.17) is 15.6 Å². The van der Waals surface area contributed by atoms with E-state index in [2.05, 4.69) is 24.3 Å². The normalized spacial score (nSPS) is 15.8. The molecule has 6 nitrogen and oxygen atoms in total. The summed E-state index contributed by atoms with van der Waals surface area (Å²) in [6.45, 7) is 2.11. The van der Waals surface area contributed by atoms with Gasteiger partial charge in [-0.2, -0.15) is 0 Å². The Hall–Kier alpha value is -2.70. The van der Waals surface area contributed by atoms with Gasteiger partial charge in [0.05, 0.1) is 12.5 Å². The first kappa shape index (κ1) is 21.0. The van der Waals surface area contributed by atoms with Crippen LogP contribution in [-0.4, -0.2) is 40.9 Å². The zero-order valence-electron chi connectivity index (χ0n) is 16.5. The third-order valence-corrected chi connectivity index (χ3v) is 5.44. The molecule has 0 aliphatic heterocycles. The number of hydrogen-bond donors (Lipinski definition) is 3. The highest BCUT2D eigenvalue weighted by molar-refractivity contribution is 5.79.